The maximum atomic E-state index is 10.8. The molecule has 1 aromatic rings. The minimum absolute atomic E-state index is 0.101. The van der Waals surface area contributed by atoms with Crippen LogP contribution in [0.2, 0.25) is 10.0 Å². The van der Waals surface area contributed by atoms with Crippen LogP contribution in [0.4, 0.5) is 11.4 Å². The number of nitro benzene ring substituents is 1. The van der Waals surface area contributed by atoms with E-state index in [0.717, 1.165) is 19.6 Å². The Morgan fingerprint density at radius 2 is 1.87 bits per heavy atom. The molecule has 8 heteroatoms. The van der Waals surface area contributed by atoms with Crippen LogP contribution < -0.4 is 5.32 Å². The summed E-state index contributed by atoms with van der Waals surface area (Å²) in [6.45, 7) is 3.74. The van der Waals surface area contributed by atoms with Crippen molar-refractivity contribution in [1.29, 1.82) is 0 Å². The SMILES string of the molecule is CN(C)C1CCN(CCNc2c(Cl)cc([N+](=O)[O-])cc2Cl)CC1. The summed E-state index contributed by atoms with van der Waals surface area (Å²) in [5, 5.41) is 14.5. The number of hydrogen-bond donors (Lipinski definition) is 1. The van der Waals surface area contributed by atoms with Crippen LogP contribution in [0.1, 0.15) is 12.8 Å². The topological polar surface area (TPSA) is 61.6 Å². The van der Waals surface area contributed by atoms with Crippen molar-refractivity contribution in [2.24, 2.45) is 0 Å². The number of nitrogens with one attached hydrogen (secondary N) is 1. The van der Waals surface area contributed by atoms with Crippen molar-refractivity contribution in [3.63, 3.8) is 0 Å². The third kappa shape index (κ3) is 4.94. The number of non-ortho nitro benzene ring substituents is 1. The van der Waals surface area contributed by atoms with Crippen LogP contribution in [0.3, 0.4) is 0 Å². The van der Waals surface area contributed by atoms with Gasteiger partial charge in [-0.2, -0.15) is 0 Å². The van der Waals surface area contributed by atoms with Crippen molar-refractivity contribution in [1.82, 2.24) is 9.80 Å². The predicted octanol–water partition coefficient (Wildman–Crippen LogP) is 3.34. The van der Waals surface area contributed by atoms with E-state index in [1.54, 1.807) is 0 Å². The normalized spacial score (nSPS) is 16.7. The van der Waals surface area contributed by atoms with E-state index < -0.39 is 4.92 Å². The smallest absolute Gasteiger partial charge is 0.272 e. The van der Waals surface area contributed by atoms with E-state index in [-0.39, 0.29) is 15.7 Å². The van der Waals surface area contributed by atoms with Gasteiger partial charge in [-0.15, -0.1) is 0 Å². The van der Waals surface area contributed by atoms with Gasteiger partial charge in [0.15, 0.2) is 0 Å². The molecule has 1 aromatic carbocycles. The molecular formula is C15H22Cl2N4O2. The summed E-state index contributed by atoms with van der Waals surface area (Å²) in [5.74, 6) is 0. The van der Waals surface area contributed by atoms with Crippen molar-refractivity contribution in [2.45, 2.75) is 18.9 Å². The number of nitro groups is 1. The van der Waals surface area contributed by atoms with Crippen LogP contribution in [0.25, 0.3) is 0 Å². The van der Waals surface area contributed by atoms with Gasteiger partial charge in [0.1, 0.15) is 0 Å². The van der Waals surface area contributed by atoms with E-state index in [2.05, 4.69) is 29.2 Å². The van der Waals surface area contributed by atoms with Gasteiger partial charge in [0, 0.05) is 31.3 Å². The maximum absolute atomic E-state index is 10.8. The van der Waals surface area contributed by atoms with Crippen LogP contribution in [0.15, 0.2) is 12.1 Å². The zero-order chi connectivity index (χ0) is 17.0. The number of likely N-dealkylation sites (tertiary alicyclic amines) is 1. The second-order valence-corrected chi connectivity index (χ2v) is 6.82. The molecule has 0 bridgehead atoms. The van der Waals surface area contributed by atoms with E-state index in [4.69, 9.17) is 23.2 Å². The molecule has 1 fully saturated rings. The van der Waals surface area contributed by atoms with Gasteiger partial charge >= 0.3 is 0 Å². The zero-order valence-corrected chi connectivity index (χ0v) is 14.9. The van der Waals surface area contributed by atoms with Crippen molar-refractivity contribution in [3.05, 3.63) is 32.3 Å². The van der Waals surface area contributed by atoms with Gasteiger partial charge < -0.3 is 15.1 Å². The molecule has 0 atom stereocenters. The summed E-state index contributed by atoms with van der Waals surface area (Å²) in [6, 6.07) is 3.30. The van der Waals surface area contributed by atoms with E-state index in [1.807, 2.05) is 0 Å². The predicted molar refractivity (Wildman–Crippen MR) is 94.8 cm³/mol. The average Bonchev–Trinajstić information content (AvgIpc) is 2.50. The largest absolute Gasteiger partial charge is 0.381 e. The summed E-state index contributed by atoms with van der Waals surface area (Å²) in [5.41, 5.74) is 0.457. The van der Waals surface area contributed by atoms with Gasteiger partial charge in [-0.05, 0) is 40.0 Å². The van der Waals surface area contributed by atoms with Crippen molar-refractivity contribution >= 4 is 34.6 Å². The summed E-state index contributed by atoms with van der Waals surface area (Å²) >= 11 is 12.2. The maximum Gasteiger partial charge on any atom is 0.272 e. The van der Waals surface area contributed by atoms with Crippen LogP contribution in [-0.4, -0.2) is 61.0 Å². The fraction of sp³-hybridized carbons (Fsp3) is 0.600. The lowest BCUT2D eigenvalue weighted by atomic mass is 10.0. The number of rotatable bonds is 6. The summed E-state index contributed by atoms with van der Waals surface area (Å²) in [4.78, 5) is 15.0. The number of halogens is 2. The van der Waals surface area contributed by atoms with Crippen LogP contribution in [-0.2, 0) is 0 Å². The summed E-state index contributed by atoms with van der Waals surface area (Å²) < 4.78 is 0. The standard InChI is InChI=1S/C15H22Cl2N4O2/c1-19(2)11-3-6-20(7-4-11)8-5-18-15-13(16)9-12(21(22)23)10-14(15)17/h9-11,18H,3-8H2,1-2H3. The fourth-order valence-corrected chi connectivity index (χ4v) is 3.44. The van der Waals surface area contributed by atoms with Crippen molar-refractivity contribution < 1.29 is 4.92 Å². The molecule has 0 saturated carbocycles. The molecule has 1 aliphatic heterocycles. The Kier molecular flexibility index (Phi) is 6.47. The van der Waals surface area contributed by atoms with Gasteiger partial charge in [-0.3, -0.25) is 10.1 Å². The third-order valence-corrected chi connectivity index (χ3v) is 4.85. The average molecular weight is 361 g/mol. The van der Waals surface area contributed by atoms with Gasteiger partial charge in [0.2, 0.25) is 0 Å². The molecule has 0 spiro atoms. The lowest BCUT2D eigenvalue weighted by Gasteiger charge is -2.35. The molecule has 6 nitrogen and oxygen atoms in total. The monoisotopic (exact) mass is 360 g/mol. The Labute approximate surface area is 146 Å². The third-order valence-electron chi connectivity index (χ3n) is 4.25. The molecule has 2 rings (SSSR count). The van der Waals surface area contributed by atoms with E-state index in [1.165, 1.54) is 25.0 Å². The van der Waals surface area contributed by atoms with Gasteiger partial charge in [0.05, 0.1) is 20.7 Å². The van der Waals surface area contributed by atoms with Crippen LogP contribution in [0.5, 0.6) is 0 Å². The Hall–Kier alpha value is -1.08. The summed E-state index contributed by atoms with van der Waals surface area (Å²) in [6.07, 6.45) is 2.35. The van der Waals surface area contributed by atoms with Gasteiger partial charge in [-0.25, -0.2) is 0 Å². The van der Waals surface area contributed by atoms with E-state index >= 15 is 0 Å². The molecule has 0 amide bonds. The van der Waals surface area contributed by atoms with E-state index in [0.29, 0.717) is 18.3 Å². The molecule has 1 aliphatic rings. The minimum atomic E-state index is -0.504. The lowest BCUT2D eigenvalue weighted by Crippen LogP contribution is -2.43. The first-order valence-electron chi connectivity index (χ1n) is 7.64. The molecule has 0 radical (unpaired) electrons. The van der Waals surface area contributed by atoms with Crippen molar-refractivity contribution in [3.8, 4) is 0 Å². The quantitative estimate of drug-likeness (QED) is 0.622. The van der Waals surface area contributed by atoms with Crippen LogP contribution >= 0.6 is 23.2 Å². The lowest BCUT2D eigenvalue weighted by molar-refractivity contribution is -0.384. The second-order valence-electron chi connectivity index (χ2n) is 6.00. The number of benzene rings is 1. The van der Waals surface area contributed by atoms with Gasteiger partial charge in [0.25, 0.3) is 5.69 Å². The highest BCUT2D eigenvalue weighted by molar-refractivity contribution is 6.39. The molecule has 1 heterocycles. The molecule has 0 aliphatic carbocycles. The Morgan fingerprint density at radius 1 is 1.30 bits per heavy atom. The van der Waals surface area contributed by atoms with Crippen molar-refractivity contribution in [2.75, 3.05) is 45.6 Å². The molecule has 1 saturated heterocycles. The highest BCUT2D eigenvalue weighted by Crippen LogP contribution is 2.34. The number of hydrogen-bond acceptors (Lipinski definition) is 5. The zero-order valence-electron chi connectivity index (χ0n) is 13.4. The fourth-order valence-electron chi connectivity index (χ4n) is 2.83. The molecule has 1 N–H and O–H groups in total. The van der Waals surface area contributed by atoms with Crippen LogP contribution in [0, 0.1) is 10.1 Å². The Bertz CT molecular complexity index is 537. The number of nitrogens with zero attached hydrogens (tertiary/aromatic N) is 3. The second kappa shape index (κ2) is 8.15. The first-order valence-corrected chi connectivity index (χ1v) is 8.40. The van der Waals surface area contributed by atoms with E-state index in [9.17, 15) is 10.1 Å². The highest BCUT2D eigenvalue weighted by Gasteiger charge is 2.20. The molecule has 23 heavy (non-hydrogen) atoms. The molecule has 0 aromatic heterocycles. The first kappa shape index (κ1) is 18.3. The molecule has 128 valence electrons. The van der Waals surface area contributed by atoms with Gasteiger partial charge in [-0.1, -0.05) is 23.2 Å². The highest BCUT2D eigenvalue weighted by atomic mass is 35.5. The summed E-state index contributed by atoms with van der Waals surface area (Å²) in [7, 11) is 4.25. The molecule has 0 unspecified atom stereocenters. The first-order chi connectivity index (χ1) is 10.9. The number of anilines is 1. The Balaban J connectivity index is 1.84. The minimum Gasteiger partial charge on any atom is -0.381 e. The molecular weight excluding hydrogens is 339 g/mol. The number of piperidine rings is 1. The Morgan fingerprint density at radius 3 is 2.35 bits per heavy atom.